The van der Waals surface area contributed by atoms with Gasteiger partial charge >= 0.3 is 6.18 Å². The molecule has 100 valence electrons. The zero-order chi connectivity index (χ0) is 14.0. The molecule has 2 aromatic carbocycles. The number of hydrogen-bond acceptors (Lipinski definition) is 1. The van der Waals surface area contributed by atoms with Crippen LogP contribution in [0.15, 0.2) is 42.5 Å². The predicted molar refractivity (Wildman–Crippen MR) is 70.6 cm³/mol. The van der Waals surface area contributed by atoms with Crippen molar-refractivity contribution >= 4 is 11.4 Å². The molecule has 0 amide bonds. The van der Waals surface area contributed by atoms with Crippen molar-refractivity contribution in [1.29, 1.82) is 0 Å². The lowest BCUT2D eigenvalue weighted by Crippen LogP contribution is -2.05. The molecular weight excluding hydrogens is 251 g/mol. The van der Waals surface area contributed by atoms with E-state index in [1.165, 1.54) is 6.07 Å². The van der Waals surface area contributed by atoms with E-state index in [4.69, 9.17) is 0 Å². The minimum absolute atomic E-state index is 0.437. The van der Waals surface area contributed by atoms with Gasteiger partial charge in [-0.3, -0.25) is 0 Å². The van der Waals surface area contributed by atoms with Gasteiger partial charge in [0.1, 0.15) is 0 Å². The highest BCUT2D eigenvalue weighted by Gasteiger charge is 2.30. The molecule has 0 aliphatic heterocycles. The summed E-state index contributed by atoms with van der Waals surface area (Å²) >= 11 is 0. The van der Waals surface area contributed by atoms with Crippen LogP contribution in [-0.2, 0) is 6.18 Å². The number of halogens is 3. The van der Waals surface area contributed by atoms with E-state index in [2.05, 4.69) is 5.32 Å². The van der Waals surface area contributed by atoms with E-state index in [9.17, 15) is 13.2 Å². The summed E-state index contributed by atoms with van der Waals surface area (Å²) in [5, 5.41) is 3.05. The number of anilines is 2. The Morgan fingerprint density at radius 2 is 1.47 bits per heavy atom. The third-order valence-electron chi connectivity index (χ3n) is 2.94. The highest BCUT2D eigenvalue weighted by molar-refractivity contribution is 5.66. The number of para-hydroxylation sites is 1. The first-order valence-electron chi connectivity index (χ1n) is 5.88. The Balaban J connectivity index is 2.34. The van der Waals surface area contributed by atoms with Crippen molar-refractivity contribution in [3.63, 3.8) is 0 Å². The van der Waals surface area contributed by atoms with E-state index in [0.717, 1.165) is 28.9 Å². The van der Waals surface area contributed by atoms with Gasteiger partial charge in [0.05, 0.1) is 5.56 Å². The summed E-state index contributed by atoms with van der Waals surface area (Å²) in [4.78, 5) is 0. The predicted octanol–water partition coefficient (Wildman–Crippen LogP) is 5.07. The highest BCUT2D eigenvalue weighted by Crippen LogP contribution is 2.32. The molecule has 0 aliphatic rings. The van der Waals surface area contributed by atoms with Crippen molar-refractivity contribution in [3.05, 3.63) is 59.2 Å². The number of hydrogen-bond donors (Lipinski definition) is 1. The molecule has 0 aliphatic carbocycles. The molecule has 1 N–H and O–H groups in total. The van der Waals surface area contributed by atoms with Crippen LogP contribution in [-0.4, -0.2) is 0 Å². The minimum atomic E-state index is -4.32. The second kappa shape index (κ2) is 4.96. The van der Waals surface area contributed by atoms with Crippen molar-refractivity contribution in [2.24, 2.45) is 0 Å². The van der Waals surface area contributed by atoms with Crippen molar-refractivity contribution in [3.8, 4) is 0 Å². The lowest BCUT2D eigenvalue weighted by atomic mass is 10.1. The van der Waals surface area contributed by atoms with Crippen LogP contribution in [0, 0.1) is 13.8 Å². The topological polar surface area (TPSA) is 12.0 Å². The first kappa shape index (κ1) is 13.5. The SMILES string of the molecule is Cc1cccc(C)c1Nc1cccc(C(F)(F)F)c1. The van der Waals surface area contributed by atoms with E-state index < -0.39 is 11.7 Å². The fraction of sp³-hybridized carbons (Fsp3) is 0.200. The second-order valence-corrected chi connectivity index (χ2v) is 4.47. The molecule has 0 aromatic heterocycles. The highest BCUT2D eigenvalue weighted by atomic mass is 19.4. The molecule has 1 nitrogen and oxygen atoms in total. The van der Waals surface area contributed by atoms with E-state index in [-0.39, 0.29) is 0 Å². The maximum absolute atomic E-state index is 12.6. The Labute approximate surface area is 110 Å². The minimum Gasteiger partial charge on any atom is -0.355 e. The Kier molecular flexibility index (Phi) is 3.51. The van der Waals surface area contributed by atoms with Gasteiger partial charge in [-0.2, -0.15) is 13.2 Å². The van der Waals surface area contributed by atoms with Gasteiger partial charge in [0.25, 0.3) is 0 Å². The average Bonchev–Trinajstić information content (AvgIpc) is 2.33. The molecule has 0 unspecified atom stereocenters. The monoisotopic (exact) mass is 265 g/mol. The number of nitrogens with one attached hydrogen (secondary N) is 1. The van der Waals surface area contributed by atoms with Crippen molar-refractivity contribution in [2.45, 2.75) is 20.0 Å². The summed E-state index contributed by atoms with van der Waals surface area (Å²) in [5.74, 6) is 0. The number of aryl methyl sites for hydroxylation is 2. The van der Waals surface area contributed by atoms with Gasteiger partial charge in [0.15, 0.2) is 0 Å². The average molecular weight is 265 g/mol. The van der Waals surface area contributed by atoms with Gasteiger partial charge in [-0.1, -0.05) is 24.3 Å². The van der Waals surface area contributed by atoms with Crippen LogP contribution in [0.3, 0.4) is 0 Å². The van der Waals surface area contributed by atoms with Gasteiger partial charge in [0.2, 0.25) is 0 Å². The van der Waals surface area contributed by atoms with Crippen molar-refractivity contribution in [1.82, 2.24) is 0 Å². The lowest BCUT2D eigenvalue weighted by molar-refractivity contribution is -0.137. The lowest BCUT2D eigenvalue weighted by Gasteiger charge is -2.14. The molecule has 0 saturated heterocycles. The second-order valence-electron chi connectivity index (χ2n) is 4.47. The van der Waals surface area contributed by atoms with Crippen LogP contribution in [0.4, 0.5) is 24.5 Å². The van der Waals surface area contributed by atoms with Crippen LogP contribution in [0.25, 0.3) is 0 Å². The number of rotatable bonds is 2. The molecule has 19 heavy (non-hydrogen) atoms. The van der Waals surface area contributed by atoms with Crippen LogP contribution in [0.5, 0.6) is 0 Å². The van der Waals surface area contributed by atoms with Crippen LogP contribution in [0.2, 0.25) is 0 Å². The molecule has 0 spiro atoms. The van der Waals surface area contributed by atoms with Crippen LogP contribution < -0.4 is 5.32 Å². The third-order valence-corrected chi connectivity index (χ3v) is 2.94. The molecule has 0 fully saturated rings. The summed E-state index contributed by atoms with van der Waals surface area (Å²) < 4.78 is 37.9. The molecule has 0 heterocycles. The smallest absolute Gasteiger partial charge is 0.355 e. The Hall–Kier alpha value is -1.97. The zero-order valence-electron chi connectivity index (χ0n) is 10.7. The van der Waals surface area contributed by atoms with E-state index in [1.54, 1.807) is 6.07 Å². The molecule has 0 radical (unpaired) electrons. The molecule has 2 aromatic rings. The first-order chi connectivity index (χ1) is 8.88. The maximum atomic E-state index is 12.6. The van der Waals surface area contributed by atoms with Gasteiger partial charge in [-0.05, 0) is 43.2 Å². The standard InChI is InChI=1S/C15H14F3N/c1-10-5-3-6-11(2)14(10)19-13-8-4-7-12(9-13)15(16,17)18/h3-9,19H,1-2H3. The Morgan fingerprint density at radius 3 is 2.05 bits per heavy atom. The van der Waals surface area contributed by atoms with Gasteiger partial charge < -0.3 is 5.32 Å². The molecule has 0 saturated carbocycles. The molecule has 0 bridgehead atoms. The summed E-state index contributed by atoms with van der Waals surface area (Å²) in [6, 6.07) is 11.0. The zero-order valence-corrected chi connectivity index (χ0v) is 10.7. The van der Waals surface area contributed by atoms with Crippen molar-refractivity contribution < 1.29 is 13.2 Å². The largest absolute Gasteiger partial charge is 0.416 e. The Morgan fingerprint density at radius 1 is 0.895 bits per heavy atom. The van der Waals surface area contributed by atoms with Gasteiger partial charge in [0, 0.05) is 11.4 Å². The van der Waals surface area contributed by atoms with Crippen LogP contribution >= 0.6 is 0 Å². The Bertz CT molecular complexity index is 568. The summed E-state index contributed by atoms with van der Waals surface area (Å²) in [6.07, 6.45) is -4.32. The quantitative estimate of drug-likeness (QED) is 0.799. The first-order valence-corrected chi connectivity index (χ1v) is 5.88. The fourth-order valence-electron chi connectivity index (χ4n) is 1.93. The van der Waals surface area contributed by atoms with E-state index >= 15 is 0 Å². The third kappa shape index (κ3) is 3.08. The van der Waals surface area contributed by atoms with E-state index in [0.29, 0.717) is 5.69 Å². The molecule has 0 atom stereocenters. The summed E-state index contributed by atoms with van der Waals surface area (Å²) in [5.41, 5.74) is 2.63. The van der Waals surface area contributed by atoms with Gasteiger partial charge in [-0.25, -0.2) is 0 Å². The molecular formula is C15H14F3N. The number of benzene rings is 2. The normalized spacial score (nSPS) is 11.4. The number of alkyl halides is 3. The van der Waals surface area contributed by atoms with Crippen LogP contribution in [0.1, 0.15) is 16.7 Å². The fourth-order valence-corrected chi connectivity index (χ4v) is 1.93. The molecule has 2 rings (SSSR count). The van der Waals surface area contributed by atoms with Gasteiger partial charge in [-0.15, -0.1) is 0 Å². The maximum Gasteiger partial charge on any atom is 0.416 e. The molecule has 4 heteroatoms. The summed E-state index contributed by atoms with van der Waals surface area (Å²) in [7, 11) is 0. The van der Waals surface area contributed by atoms with Crippen molar-refractivity contribution in [2.75, 3.05) is 5.32 Å². The summed E-state index contributed by atoms with van der Waals surface area (Å²) in [6.45, 7) is 3.84. The van der Waals surface area contributed by atoms with E-state index in [1.807, 2.05) is 32.0 Å².